The lowest BCUT2D eigenvalue weighted by atomic mass is 9.88. The molecule has 0 aliphatic carbocycles. The van der Waals surface area contributed by atoms with Crippen LogP contribution < -0.4 is 5.32 Å². The molecule has 0 spiro atoms. The van der Waals surface area contributed by atoms with E-state index in [4.69, 9.17) is 0 Å². The Morgan fingerprint density at radius 2 is 1.24 bits per heavy atom. The zero-order chi connectivity index (χ0) is 14.7. The summed E-state index contributed by atoms with van der Waals surface area (Å²) in [5.41, 5.74) is 2.72. The van der Waals surface area contributed by atoms with Crippen molar-refractivity contribution in [2.24, 2.45) is 0 Å². The molecule has 21 heavy (non-hydrogen) atoms. The first-order chi connectivity index (χ1) is 10.3. The maximum atomic E-state index is 14.2. The third-order valence-electron chi connectivity index (χ3n) is 3.78. The van der Waals surface area contributed by atoms with Crippen LogP contribution in [0.4, 0.5) is 8.78 Å². The maximum Gasteiger partial charge on any atom is 0.131 e. The molecule has 0 atom stereocenters. The van der Waals surface area contributed by atoms with E-state index in [9.17, 15) is 8.78 Å². The number of halogens is 2. The number of benzene rings is 2. The van der Waals surface area contributed by atoms with Crippen LogP contribution in [0.15, 0.2) is 54.1 Å². The van der Waals surface area contributed by atoms with Crippen molar-refractivity contribution in [2.75, 3.05) is 13.1 Å². The lowest BCUT2D eigenvalue weighted by Crippen LogP contribution is -2.18. The Bertz CT molecular complexity index is 621. The molecule has 0 saturated carbocycles. The summed E-state index contributed by atoms with van der Waals surface area (Å²) in [6.07, 6.45) is 1.52. The molecule has 0 aromatic heterocycles. The number of piperidine rings is 1. The lowest BCUT2D eigenvalue weighted by Gasteiger charge is -2.21. The van der Waals surface area contributed by atoms with Crippen molar-refractivity contribution < 1.29 is 8.78 Å². The molecule has 1 heterocycles. The van der Waals surface area contributed by atoms with Crippen LogP contribution in [0.25, 0.3) is 5.57 Å². The quantitative estimate of drug-likeness (QED) is 0.786. The third kappa shape index (κ3) is 2.88. The first-order valence-electron chi connectivity index (χ1n) is 7.12. The van der Waals surface area contributed by atoms with E-state index in [0.29, 0.717) is 16.7 Å². The van der Waals surface area contributed by atoms with Crippen molar-refractivity contribution >= 4 is 5.57 Å². The smallest absolute Gasteiger partial charge is 0.131 e. The molecule has 107 valence electrons. The van der Waals surface area contributed by atoms with Gasteiger partial charge in [0.2, 0.25) is 0 Å². The topological polar surface area (TPSA) is 14.1 Å². The first-order valence-corrected chi connectivity index (χ1v) is 7.12. The molecular weight excluding hydrogens is 268 g/mol. The van der Waals surface area contributed by atoms with Crippen LogP contribution in [0.3, 0.4) is 0 Å². The second-order valence-electron chi connectivity index (χ2n) is 5.11. The van der Waals surface area contributed by atoms with Gasteiger partial charge in [0.05, 0.1) is 0 Å². The minimum absolute atomic E-state index is 0.314. The van der Waals surface area contributed by atoms with Gasteiger partial charge in [-0.05, 0) is 30.5 Å². The molecule has 3 rings (SSSR count). The average Bonchev–Trinajstić information content (AvgIpc) is 2.52. The molecule has 1 aliphatic heterocycles. The standard InChI is InChI=1S/C18H16F2N/c19-16-7-3-1-5-14(16)18(13-9-11-21-12-10-13)15-6-2-4-8-17(15)20/h1-8H,9-12H2. The summed E-state index contributed by atoms with van der Waals surface area (Å²) in [5.74, 6) is -0.628. The highest BCUT2D eigenvalue weighted by molar-refractivity contribution is 5.82. The summed E-state index contributed by atoms with van der Waals surface area (Å²) in [7, 11) is 0. The van der Waals surface area contributed by atoms with E-state index in [0.717, 1.165) is 31.5 Å². The molecular formula is C18H16F2N. The van der Waals surface area contributed by atoms with Gasteiger partial charge in [0.15, 0.2) is 0 Å². The Morgan fingerprint density at radius 1 is 0.762 bits per heavy atom. The van der Waals surface area contributed by atoms with Gasteiger partial charge in [0.1, 0.15) is 11.6 Å². The summed E-state index contributed by atoms with van der Waals surface area (Å²) >= 11 is 0. The van der Waals surface area contributed by atoms with E-state index in [1.54, 1.807) is 36.4 Å². The van der Waals surface area contributed by atoms with E-state index in [1.807, 2.05) is 0 Å². The zero-order valence-corrected chi connectivity index (χ0v) is 11.7. The predicted molar refractivity (Wildman–Crippen MR) is 79.9 cm³/mol. The van der Waals surface area contributed by atoms with Gasteiger partial charge in [-0.2, -0.15) is 0 Å². The van der Waals surface area contributed by atoms with Crippen molar-refractivity contribution in [1.29, 1.82) is 0 Å². The van der Waals surface area contributed by atoms with Crippen LogP contribution in [-0.2, 0) is 0 Å². The second-order valence-corrected chi connectivity index (χ2v) is 5.11. The third-order valence-corrected chi connectivity index (χ3v) is 3.78. The first kappa shape index (κ1) is 14.0. The van der Waals surface area contributed by atoms with Gasteiger partial charge in [-0.15, -0.1) is 0 Å². The summed E-state index contributed by atoms with van der Waals surface area (Å²) in [4.78, 5) is 0. The number of hydrogen-bond donors (Lipinski definition) is 0. The minimum Gasteiger partial charge on any atom is -0.241 e. The van der Waals surface area contributed by atoms with Gasteiger partial charge in [-0.25, -0.2) is 14.1 Å². The molecule has 1 nitrogen and oxygen atoms in total. The van der Waals surface area contributed by atoms with Crippen LogP contribution in [0.5, 0.6) is 0 Å². The fraction of sp³-hybridized carbons (Fsp3) is 0.222. The normalized spacial score (nSPS) is 15.0. The Labute approximate surface area is 123 Å². The summed E-state index contributed by atoms with van der Waals surface area (Å²) < 4.78 is 28.5. The van der Waals surface area contributed by atoms with Crippen LogP contribution in [0.1, 0.15) is 24.0 Å². The molecule has 1 saturated heterocycles. The predicted octanol–water partition coefficient (Wildman–Crippen LogP) is 4.16. The van der Waals surface area contributed by atoms with Crippen molar-refractivity contribution in [2.45, 2.75) is 12.8 Å². The van der Waals surface area contributed by atoms with Gasteiger partial charge in [-0.1, -0.05) is 42.0 Å². The minimum atomic E-state index is -0.314. The molecule has 0 unspecified atom stereocenters. The fourth-order valence-corrected chi connectivity index (χ4v) is 2.77. The Kier molecular flexibility index (Phi) is 4.11. The van der Waals surface area contributed by atoms with E-state index >= 15 is 0 Å². The van der Waals surface area contributed by atoms with E-state index in [1.165, 1.54) is 12.1 Å². The highest BCUT2D eigenvalue weighted by Crippen LogP contribution is 2.33. The number of hydrogen-bond acceptors (Lipinski definition) is 0. The van der Waals surface area contributed by atoms with Crippen molar-refractivity contribution in [3.63, 3.8) is 0 Å². The maximum absolute atomic E-state index is 14.2. The van der Waals surface area contributed by atoms with Crippen LogP contribution in [-0.4, -0.2) is 13.1 Å². The van der Waals surface area contributed by atoms with Crippen molar-refractivity contribution in [3.05, 3.63) is 76.9 Å². The molecule has 3 heteroatoms. The summed E-state index contributed by atoms with van der Waals surface area (Å²) in [6.45, 7) is 1.45. The second kappa shape index (κ2) is 6.19. The van der Waals surface area contributed by atoms with E-state index in [-0.39, 0.29) is 11.6 Å². The Hall–Kier alpha value is -2.00. The summed E-state index contributed by atoms with van der Waals surface area (Å²) in [5, 5.41) is 4.32. The SMILES string of the molecule is Fc1ccccc1C(=C1CC[N]CC1)c1ccccc1F. The fourth-order valence-electron chi connectivity index (χ4n) is 2.77. The molecule has 2 aromatic rings. The van der Waals surface area contributed by atoms with Crippen molar-refractivity contribution in [1.82, 2.24) is 5.32 Å². The number of nitrogens with zero attached hydrogens (tertiary/aromatic N) is 1. The molecule has 0 N–H and O–H groups in total. The van der Waals surface area contributed by atoms with Gasteiger partial charge in [0.25, 0.3) is 0 Å². The van der Waals surface area contributed by atoms with Gasteiger partial charge < -0.3 is 0 Å². The summed E-state index contributed by atoms with van der Waals surface area (Å²) in [6, 6.07) is 13.1. The molecule has 1 aliphatic rings. The molecule has 2 aromatic carbocycles. The lowest BCUT2D eigenvalue weighted by molar-refractivity contribution is 0.594. The van der Waals surface area contributed by atoms with Gasteiger partial charge in [0, 0.05) is 24.2 Å². The van der Waals surface area contributed by atoms with Gasteiger partial charge in [-0.3, -0.25) is 0 Å². The Morgan fingerprint density at radius 3 is 1.71 bits per heavy atom. The zero-order valence-electron chi connectivity index (χ0n) is 11.7. The van der Waals surface area contributed by atoms with Crippen LogP contribution >= 0.6 is 0 Å². The molecule has 0 bridgehead atoms. The molecule has 1 radical (unpaired) electrons. The largest absolute Gasteiger partial charge is 0.241 e. The highest BCUT2D eigenvalue weighted by Gasteiger charge is 2.19. The number of rotatable bonds is 2. The average molecular weight is 284 g/mol. The van der Waals surface area contributed by atoms with Gasteiger partial charge >= 0.3 is 0 Å². The van der Waals surface area contributed by atoms with E-state index < -0.39 is 0 Å². The van der Waals surface area contributed by atoms with Crippen molar-refractivity contribution in [3.8, 4) is 0 Å². The van der Waals surface area contributed by atoms with Crippen LogP contribution in [0.2, 0.25) is 0 Å². The van der Waals surface area contributed by atoms with Crippen LogP contribution in [0, 0.1) is 11.6 Å². The molecule has 0 amide bonds. The molecule has 1 fully saturated rings. The Balaban J connectivity index is 2.21. The highest BCUT2D eigenvalue weighted by atomic mass is 19.1. The van der Waals surface area contributed by atoms with E-state index in [2.05, 4.69) is 5.32 Å². The monoisotopic (exact) mass is 284 g/mol.